The molecule has 2 heterocycles. The molecule has 4 nitrogen and oxygen atoms in total. The largest absolute Gasteiger partial charge is 0.383 e. The number of fused-ring (bicyclic) bond motifs is 3. The summed E-state index contributed by atoms with van der Waals surface area (Å²) in [7, 11) is 2.03. The molecule has 0 fully saturated rings. The SMILES string of the molecule is C/C(C(N)=O)=C1/NCCc2c1n(C)c1ccccc21. The van der Waals surface area contributed by atoms with Crippen LogP contribution < -0.4 is 11.1 Å². The second kappa shape index (κ2) is 4.16. The summed E-state index contributed by atoms with van der Waals surface area (Å²) in [4.78, 5) is 11.4. The Kier molecular flexibility index (Phi) is 2.59. The molecule has 0 unspecified atom stereocenters. The molecule has 4 heteroatoms. The highest BCUT2D eigenvalue weighted by Crippen LogP contribution is 2.33. The lowest BCUT2D eigenvalue weighted by Crippen LogP contribution is -2.27. The zero-order chi connectivity index (χ0) is 13.6. The van der Waals surface area contributed by atoms with E-state index in [0.717, 1.165) is 24.4 Å². The summed E-state index contributed by atoms with van der Waals surface area (Å²) in [5, 5.41) is 4.58. The highest BCUT2D eigenvalue weighted by Gasteiger charge is 2.24. The Morgan fingerprint density at radius 3 is 2.84 bits per heavy atom. The number of benzene rings is 1. The number of para-hydroxylation sites is 1. The van der Waals surface area contributed by atoms with Crippen LogP contribution in [0, 0.1) is 0 Å². The second-order valence-electron chi connectivity index (χ2n) is 4.94. The summed E-state index contributed by atoms with van der Waals surface area (Å²) < 4.78 is 2.14. The molecule has 3 rings (SSSR count). The van der Waals surface area contributed by atoms with Crippen molar-refractivity contribution < 1.29 is 4.79 Å². The van der Waals surface area contributed by atoms with Crippen LogP contribution in [-0.2, 0) is 18.3 Å². The molecular weight excluding hydrogens is 238 g/mol. The van der Waals surface area contributed by atoms with E-state index in [1.807, 2.05) is 13.1 Å². The van der Waals surface area contributed by atoms with E-state index in [1.165, 1.54) is 16.5 Å². The van der Waals surface area contributed by atoms with Crippen molar-refractivity contribution in [1.29, 1.82) is 0 Å². The Hall–Kier alpha value is -2.23. The predicted octanol–water partition coefficient (Wildman–Crippen LogP) is 1.54. The average Bonchev–Trinajstić information content (AvgIpc) is 2.72. The maximum absolute atomic E-state index is 11.4. The number of carbonyl (C=O) groups is 1. The standard InChI is InChI=1S/C15H17N3O/c1-9(15(16)19)13-14-11(7-8-17-13)10-5-3-4-6-12(10)18(14)2/h3-6,17H,7-8H2,1-2H3,(H2,16,19)/b13-9-. The fourth-order valence-corrected chi connectivity index (χ4v) is 2.87. The number of hydrogen-bond acceptors (Lipinski definition) is 2. The van der Waals surface area contributed by atoms with Crippen molar-refractivity contribution in [3.63, 3.8) is 0 Å². The smallest absolute Gasteiger partial charge is 0.246 e. The van der Waals surface area contributed by atoms with E-state index >= 15 is 0 Å². The first-order valence-corrected chi connectivity index (χ1v) is 6.42. The first-order chi connectivity index (χ1) is 9.11. The van der Waals surface area contributed by atoms with E-state index in [2.05, 4.69) is 28.1 Å². The van der Waals surface area contributed by atoms with Gasteiger partial charge in [0.25, 0.3) is 0 Å². The average molecular weight is 255 g/mol. The van der Waals surface area contributed by atoms with Gasteiger partial charge in [0.15, 0.2) is 0 Å². The number of nitrogens with one attached hydrogen (secondary N) is 1. The van der Waals surface area contributed by atoms with E-state index in [9.17, 15) is 4.79 Å². The lowest BCUT2D eigenvalue weighted by atomic mass is 10.00. The number of nitrogens with two attached hydrogens (primary N) is 1. The quantitative estimate of drug-likeness (QED) is 0.759. The third-order valence-electron chi connectivity index (χ3n) is 3.87. The van der Waals surface area contributed by atoms with Crippen LogP contribution in [0.3, 0.4) is 0 Å². The second-order valence-corrected chi connectivity index (χ2v) is 4.94. The van der Waals surface area contributed by atoms with Crippen LogP contribution in [0.15, 0.2) is 29.8 Å². The van der Waals surface area contributed by atoms with Crippen molar-refractivity contribution in [3.8, 4) is 0 Å². The summed E-state index contributed by atoms with van der Waals surface area (Å²) in [5.41, 5.74) is 10.5. The Morgan fingerprint density at radius 1 is 1.37 bits per heavy atom. The highest BCUT2D eigenvalue weighted by molar-refractivity contribution is 6.01. The van der Waals surface area contributed by atoms with Crippen LogP contribution >= 0.6 is 0 Å². The van der Waals surface area contributed by atoms with Gasteiger partial charge in [-0.1, -0.05) is 18.2 Å². The molecule has 3 N–H and O–H groups in total. The van der Waals surface area contributed by atoms with Gasteiger partial charge in [-0.15, -0.1) is 0 Å². The first kappa shape index (κ1) is 11.8. The topological polar surface area (TPSA) is 60.1 Å². The van der Waals surface area contributed by atoms with Crippen LogP contribution in [0.5, 0.6) is 0 Å². The number of carbonyl (C=O) groups excluding carboxylic acids is 1. The Balaban J connectivity index is 2.37. The molecule has 0 radical (unpaired) electrons. The van der Waals surface area contributed by atoms with Crippen LogP contribution in [0.4, 0.5) is 0 Å². The molecule has 0 bridgehead atoms. The van der Waals surface area contributed by atoms with Crippen LogP contribution in [0.2, 0.25) is 0 Å². The minimum atomic E-state index is -0.374. The van der Waals surface area contributed by atoms with E-state index < -0.39 is 0 Å². The molecule has 1 aliphatic heterocycles. The van der Waals surface area contributed by atoms with Crippen LogP contribution in [0.25, 0.3) is 16.6 Å². The molecule has 19 heavy (non-hydrogen) atoms. The Labute approximate surface area is 111 Å². The third-order valence-corrected chi connectivity index (χ3v) is 3.87. The minimum absolute atomic E-state index is 0.374. The van der Waals surface area contributed by atoms with E-state index in [0.29, 0.717) is 5.57 Å². The Morgan fingerprint density at radius 2 is 2.11 bits per heavy atom. The van der Waals surface area contributed by atoms with Crippen molar-refractivity contribution in [2.45, 2.75) is 13.3 Å². The van der Waals surface area contributed by atoms with Gasteiger partial charge in [0.2, 0.25) is 5.91 Å². The molecular formula is C15H17N3O. The van der Waals surface area contributed by atoms with Crippen molar-refractivity contribution in [3.05, 3.63) is 41.1 Å². The zero-order valence-corrected chi connectivity index (χ0v) is 11.2. The molecule has 1 aromatic carbocycles. The van der Waals surface area contributed by atoms with Crippen LogP contribution in [-0.4, -0.2) is 17.0 Å². The number of aromatic nitrogens is 1. The molecule has 0 saturated carbocycles. The van der Waals surface area contributed by atoms with E-state index in [4.69, 9.17) is 5.73 Å². The molecule has 0 aliphatic carbocycles. The normalized spacial score (nSPS) is 16.9. The highest BCUT2D eigenvalue weighted by atomic mass is 16.1. The lowest BCUT2D eigenvalue weighted by Gasteiger charge is -2.21. The fourth-order valence-electron chi connectivity index (χ4n) is 2.87. The third kappa shape index (κ3) is 1.63. The Bertz CT molecular complexity index is 709. The van der Waals surface area contributed by atoms with Gasteiger partial charge >= 0.3 is 0 Å². The fraction of sp³-hybridized carbons (Fsp3) is 0.267. The molecule has 2 aromatic rings. The number of primary amides is 1. The van der Waals surface area contributed by atoms with Gasteiger partial charge in [-0.3, -0.25) is 4.79 Å². The van der Waals surface area contributed by atoms with Crippen molar-refractivity contribution >= 4 is 22.5 Å². The van der Waals surface area contributed by atoms with E-state index in [-0.39, 0.29) is 5.91 Å². The molecule has 1 aromatic heterocycles. The first-order valence-electron chi connectivity index (χ1n) is 6.42. The van der Waals surface area contributed by atoms with Crippen molar-refractivity contribution in [2.75, 3.05) is 6.54 Å². The van der Waals surface area contributed by atoms with Gasteiger partial charge in [0.1, 0.15) is 0 Å². The minimum Gasteiger partial charge on any atom is -0.383 e. The molecule has 1 aliphatic rings. The molecule has 0 spiro atoms. The number of hydrogen-bond donors (Lipinski definition) is 2. The number of amides is 1. The molecule has 0 saturated heterocycles. The summed E-state index contributed by atoms with van der Waals surface area (Å²) in [6, 6.07) is 8.32. The van der Waals surface area contributed by atoms with Gasteiger partial charge < -0.3 is 15.6 Å². The maximum Gasteiger partial charge on any atom is 0.246 e. The number of rotatable bonds is 1. The predicted molar refractivity (Wildman–Crippen MR) is 76.4 cm³/mol. The molecule has 98 valence electrons. The summed E-state index contributed by atoms with van der Waals surface area (Å²) >= 11 is 0. The van der Waals surface area contributed by atoms with Crippen LogP contribution in [0.1, 0.15) is 18.2 Å². The maximum atomic E-state index is 11.4. The molecule has 1 amide bonds. The lowest BCUT2D eigenvalue weighted by molar-refractivity contribution is -0.114. The van der Waals surface area contributed by atoms with E-state index in [1.54, 1.807) is 6.92 Å². The monoisotopic (exact) mass is 255 g/mol. The number of aryl methyl sites for hydroxylation is 1. The number of nitrogens with zero attached hydrogens (tertiary/aromatic N) is 1. The van der Waals surface area contributed by atoms with Gasteiger partial charge in [-0.05, 0) is 25.0 Å². The van der Waals surface area contributed by atoms with Gasteiger partial charge in [-0.25, -0.2) is 0 Å². The summed E-state index contributed by atoms with van der Waals surface area (Å²) in [5.74, 6) is -0.374. The van der Waals surface area contributed by atoms with Gasteiger partial charge in [0.05, 0.1) is 11.4 Å². The molecule has 0 atom stereocenters. The van der Waals surface area contributed by atoms with Gasteiger partial charge in [-0.2, -0.15) is 0 Å². The zero-order valence-electron chi connectivity index (χ0n) is 11.2. The van der Waals surface area contributed by atoms with Gasteiger partial charge in [0, 0.05) is 30.1 Å². The summed E-state index contributed by atoms with van der Waals surface area (Å²) in [6.45, 7) is 2.61. The van der Waals surface area contributed by atoms with Crippen molar-refractivity contribution in [2.24, 2.45) is 12.8 Å². The summed E-state index contributed by atoms with van der Waals surface area (Å²) in [6.07, 6.45) is 0.965. The van der Waals surface area contributed by atoms with Crippen molar-refractivity contribution in [1.82, 2.24) is 9.88 Å².